The van der Waals surface area contributed by atoms with Crippen molar-refractivity contribution in [1.29, 1.82) is 0 Å². The van der Waals surface area contributed by atoms with Gasteiger partial charge in [-0.25, -0.2) is 0 Å². The summed E-state index contributed by atoms with van der Waals surface area (Å²) in [5.41, 5.74) is 0. The van der Waals surface area contributed by atoms with Crippen LogP contribution in [-0.4, -0.2) is 30.3 Å². The lowest BCUT2D eigenvalue weighted by Gasteiger charge is -2.37. The number of hydrogen-bond acceptors (Lipinski definition) is 2. The molecule has 0 saturated carbocycles. The Morgan fingerprint density at radius 3 is 1.87 bits per heavy atom. The van der Waals surface area contributed by atoms with Crippen molar-refractivity contribution in [2.45, 2.75) is 52.4 Å². The van der Waals surface area contributed by atoms with Gasteiger partial charge >= 0.3 is 0 Å². The topological polar surface area (TPSA) is 20.3 Å². The van der Waals surface area contributed by atoms with Gasteiger partial charge in [0.25, 0.3) is 0 Å². The molecule has 2 bridgehead atoms. The zero-order valence-electron chi connectivity index (χ0n) is 10.3. The monoisotopic (exact) mass is 211 g/mol. The molecule has 2 nitrogen and oxygen atoms in total. The molecule has 3 heterocycles. The number of hydrogen-bond donors (Lipinski definition) is 0. The predicted molar refractivity (Wildman–Crippen MR) is 64.0 cm³/mol. The van der Waals surface area contributed by atoms with Gasteiger partial charge in [-0.1, -0.05) is 39.5 Å². The quantitative estimate of drug-likeness (QED) is 0.669. The summed E-state index contributed by atoms with van der Waals surface area (Å²) in [5, 5.41) is 0. The number of carbonyl (C=O) groups is 1. The summed E-state index contributed by atoms with van der Waals surface area (Å²) in [5.74, 6) is 0.919. The van der Waals surface area contributed by atoms with E-state index >= 15 is 0 Å². The van der Waals surface area contributed by atoms with E-state index in [1.54, 1.807) is 0 Å². The third kappa shape index (κ3) is 4.33. The Morgan fingerprint density at radius 2 is 1.67 bits per heavy atom. The Kier molecular flexibility index (Phi) is 5.92. The van der Waals surface area contributed by atoms with Gasteiger partial charge in [0, 0.05) is 5.92 Å². The van der Waals surface area contributed by atoms with Gasteiger partial charge in [0.05, 0.1) is 6.54 Å². The van der Waals surface area contributed by atoms with Crippen LogP contribution in [0, 0.1) is 5.92 Å². The van der Waals surface area contributed by atoms with Crippen LogP contribution in [0.25, 0.3) is 0 Å². The molecular weight excluding hydrogens is 186 g/mol. The zero-order chi connectivity index (χ0) is 11.1. The van der Waals surface area contributed by atoms with E-state index in [1.807, 2.05) is 0 Å². The van der Waals surface area contributed by atoms with Crippen LogP contribution in [0.3, 0.4) is 0 Å². The Bertz CT molecular complexity index is 179. The van der Waals surface area contributed by atoms with E-state index in [-0.39, 0.29) is 0 Å². The average Bonchev–Trinajstić information content (AvgIpc) is 2.28. The number of fused-ring (bicyclic) bond motifs is 3. The van der Waals surface area contributed by atoms with Gasteiger partial charge < -0.3 is 0 Å². The molecular formula is C13H25NO. The number of Topliss-reactive ketones (excluding diaryl/α,β-unsaturated/α-hetero) is 1. The first-order valence-electron chi connectivity index (χ1n) is 6.53. The highest BCUT2D eigenvalue weighted by atomic mass is 16.1. The number of rotatable bonds is 3. The molecule has 0 spiro atoms. The molecule has 15 heavy (non-hydrogen) atoms. The van der Waals surface area contributed by atoms with Gasteiger partial charge in [-0.3, -0.25) is 9.69 Å². The molecule has 3 aliphatic rings. The fourth-order valence-corrected chi connectivity index (χ4v) is 2.26. The van der Waals surface area contributed by atoms with Crippen molar-refractivity contribution in [2.75, 3.05) is 19.6 Å². The highest BCUT2D eigenvalue weighted by molar-refractivity contribution is 5.84. The van der Waals surface area contributed by atoms with Crippen molar-refractivity contribution >= 4 is 5.78 Å². The van der Waals surface area contributed by atoms with Crippen molar-refractivity contribution in [3.8, 4) is 0 Å². The van der Waals surface area contributed by atoms with Crippen LogP contribution in [0.2, 0.25) is 0 Å². The summed E-state index contributed by atoms with van der Waals surface area (Å²) in [7, 11) is 0. The molecule has 2 heteroatoms. The largest absolute Gasteiger partial charge is 0.298 e. The number of ketones is 1. The third-order valence-corrected chi connectivity index (χ3v) is 3.38. The summed E-state index contributed by atoms with van der Waals surface area (Å²) in [6, 6.07) is 0. The fourth-order valence-electron chi connectivity index (χ4n) is 2.26. The van der Waals surface area contributed by atoms with Crippen LogP contribution >= 0.6 is 0 Å². The van der Waals surface area contributed by atoms with E-state index in [0.29, 0.717) is 11.7 Å². The molecule has 3 aliphatic heterocycles. The van der Waals surface area contributed by atoms with Gasteiger partial charge in [-0.05, 0) is 25.9 Å². The molecule has 88 valence electrons. The predicted octanol–water partition coefficient (Wildman–Crippen LogP) is 2.87. The Morgan fingerprint density at radius 1 is 1.13 bits per heavy atom. The zero-order valence-corrected chi connectivity index (χ0v) is 10.3. The van der Waals surface area contributed by atoms with Crippen molar-refractivity contribution in [2.24, 2.45) is 5.92 Å². The first kappa shape index (κ1) is 12.7. The minimum absolute atomic E-state index is 0.440. The van der Waals surface area contributed by atoms with E-state index in [1.165, 1.54) is 25.7 Å². The molecule has 0 aromatic heterocycles. The van der Waals surface area contributed by atoms with Gasteiger partial charge in [0.2, 0.25) is 0 Å². The van der Waals surface area contributed by atoms with Crippen molar-refractivity contribution in [3.05, 3.63) is 0 Å². The second kappa shape index (κ2) is 7.00. The summed E-state index contributed by atoms with van der Waals surface area (Å²) in [6.07, 6.45) is 7.78. The lowest BCUT2D eigenvalue weighted by molar-refractivity contribution is -0.130. The standard InChI is InChI=1S/C7H11NO.C6H14/c9-7-5-8-3-1-6(7)2-4-8;1-3-5-6-4-2/h6H,1-5H2;3-6H2,1-2H3. The molecule has 3 saturated heterocycles. The summed E-state index contributed by atoms with van der Waals surface area (Å²) in [6.45, 7) is 7.53. The van der Waals surface area contributed by atoms with Crippen LogP contribution in [0.4, 0.5) is 0 Å². The van der Waals surface area contributed by atoms with Gasteiger partial charge in [-0.2, -0.15) is 0 Å². The third-order valence-electron chi connectivity index (χ3n) is 3.38. The maximum absolute atomic E-state index is 11.0. The molecule has 0 unspecified atom stereocenters. The normalized spacial score (nSPS) is 28.5. The number of piperidine rings is 3. The summed E-state index contributed by atoms with van der Waals surface area (Å²) < 4.78 is 0. The average molecular weight is 211 g/mol. The Balaban J connectivity index is 0.000000167. The van der Waals surface area contributed by atoms with Gasteiger partial charge in [0.15, 0.2) is 0 Å². The van der Waals surface area contributed by atoms with Crippen LogP contribution in [0.5, 0.6) is 0 Å². The van der Waals surface area contributed by atoms with Crippen molar-refractivity contribution < 1.29 is 4.79 Å². The van der Waals surface area contributed by atoms with E-state index < -0.39 is 0 Å². The first-order chi connectivity index (χ1) is 7.27. The van der Waals surface area contributed by atoms with Crippen molar-refractivity contribution in [3.63, 3.8) is 0 Å². The molecule has 0 atom stereocenters. The van der Waals surface area contributed by atoms with Crippen LogP contribution in [-0.2, 0) is 4.79 Å². The Hall–Kier alpha value is -0.370. The lowest BCUT2D eigenvalue weighted by atomic mass is 9.87. The second-order valence-corrected chi connectivity index (χ2v) is 4.72. The highest BCUT2D eigenvalue weighted by Crippen LogP contribution is 2.23. The Labute approximate surface area is 94.0 Å². The van der Waals surface area contributed by atoms with Gasteiger partial charge in [-0.15, -0.1) is 0 Å². The van der Waals surface area contributed by atoms with Crippen LogP contribution in [0.15, 0.2) is 0 Å². The molecule has 3 fully saturated rings. The molecule has 3 rings (SSSR count). The summed E-state index contributed by atoms with van der Waals surface area (Å²) in [4.78, 5) is 13.3. The number of carbonyl (C=O) groups excluding carboxylic acids is 1. The van der Waals surface area contributed by atoms with E-state index in [9.17, 15) is 4.79 Å². The maximum Gasteiger partial charge on any atom is 0.149 e. The SMILES string of the molecule is CCCCCC.O=C1CN2CCC1CC2. The van der Waals surface area contributed by atoms with E-state index in [2.05, 4.69) is 18.7 Å². The molecule has 0 radical (unpaired) electrons. The molecule has 0 aliphatic carbocycles. The second-order valence-electron chi connectivity index (χ2n) is 4.72. The number of nitrogens with zero attached hydrogens (tertiary/aromatic N) is 1. The van der Waals surface area contributed by atoms with Gasteiger partial charge in [0.1, 0.15) is 5.78 Å². The molecule has 0 aromatic rings. The molecule has 0 N–H and O–H groups in total. The smallest absolute Gasteiger partial charge is 0.149 e. The lowest BCUT2D eigenvalue weighted by Crippen LogP contribution is -2.47. The van der Waals surface area contributed by atoms with Crippen LogP contribution in [0.1, 0.15) is 52.4 Å². The minimum Gasteiger partial charge on any atom is -0.298 e. The van der Waals surface area contributed by atoms with E-state index in [4.69, 9.17) is 0 Å². The van der Waals surface area contributed by atoms with E-state index in [0.717, 1.165) is 32.5 Å². The van der Waals surface area contributed by atoms with Crippen LogP contribution < -0.4 is 0 Å². The molecule has 0 aromatic carbocycles. The molecule has 0 amide bonds. The first-order valence-corrected chi connectivity index (χ1v) is 6.53. The fraction of sp³-hybridized carbons (Fsp3) is 0.923. The maximum atomic E-state index is 11.0. The van der Waals surface area contributed by atoms with Crippen molar-refractivity contribution in [1.82, 2.24) is 4.90 Å². The number of unbranched alkanes of at least 4 members (excludes halogenated alkanes) is 3. The highest BCUT2D eigenvalue weighted by Gasteiger charge is 2.31. The minimum atomic E-state index is 0.440. The summed E-state index contributed by atoms with van der Waals surface area (Å²) >= 11 is 0.